The highest BCUT2D eigenvalue weighted by molar-refractivity contribution is 7.99. The molecule has 1 unspecified atom stereocenters. The summed E-state index contributed by atoms with van der Waals surface area (Å²) >= 11 is 1.49. The van der Waals surface area contributed by atoms with Crippen LogP contribution < -0.4 is 0 Å². The average molecular weight is 202 g/mol. The first-order chi connectivity index (χ1) is 6.27. The lowest BCUT2D eigenvalue weighted by atomic mass is 10.3. The van der Waals surface area contributed by atoms with Gasteiger partial charge in [0.1, 0.15) is 0 Å². The van der Waals surface area contributed by atoms with Crippen LogP contribution in [-0.2, 0) is 6.54 Å². The van der Waals surface area contributed by atoms with Crippen molar-refractivity contribution in [1.29, 1.82) is 0 Å². The van der Waals surface area contributed by atoms with Crippen LogP contribution in [0, 0.1) is 0 Å². The first kappa shape index (κ1) is 10.5. The second-order valence-corrected chi connectivity index (χ2v) is 3.64. The Bertz CT molecular complexity index is 252. The molecule has 74 valence electrons. The molecule has 0 amide bonds. The molecule has 1 aromatic rings. The van der Waals surface area contributed by atoms with Crippen molar-refractivity contribution in [3.63, 3.8) is 0 Å². The van der Waals surface area contributed by atoms with Crippen molar-refractivity contribution < 1.29 is 5.11 Å². The van der Waals surface area contributed by atoms with E-state index in [1.165, 1.54) is 11.8 Å². The van der Waals surface area contributed by atoms with Gasteiger partial charge < -0.3 is 5.11 Å². The molecular weight excluding hydrogens is 188 g/mol. The van der Waals surface area contributed by atoms with Gasteiger partial charge in [0.05, 0.1) is 6.10 Å². The smallest absolute Gasteiger partial charge is 0.209 e. The second kappa shape index (κ2) is 5.18. The maximum absolute atomic E-state index is 9.32. The Morgan fingerprint density at radius 1 is 1.54 bits per heavy atom. The molecule has 0 saturated heterocycles. The van der Waals surface area contributed by atoms with Crippen LogP contribution in [0.1, 0.15) is 20.3 Å². The molecule has 0 bridgehead atoms. The quantitative estimate of drug-likeness (QED) is 0.707. The van der Waals surface area contributed by atoms with E-state index in [4.69, 9.17) is 0 Å². The third-order valence-corrected chi connectivity index (χ3v) is 2.78. The minimum Gasteiger partial charge on any atom is -0.392 e. The molecule has 0 aromatic carbocycles. The fourth-order valence-corrected chi connectivity index (χ4v) is 1.77. The predicted octanol–water partition coefficient (Wildman–Crippen LogP) is 0.556. The van der Waals surface area contributed by atoms with Gasteiger partial charge in [0.2, 0.25) is 5.16 Å². The van der Waals surface area contributed by atoms with E-state index < -0.39 is 0 Å². The molecule has 0 aliphatic carbocycles. The van der Waals surface area contributed by atoms with E-state index in [2.05, 4.69) is 15.5 Å². The van der Waals surface area contributed by atoms with Crippen LogP contribution in [0.2, 0.25) is 0 Å². The highest BCUT2D eigenvalue weighted by Gasteiger charge is 2.07. The molecule has 0 aliphatic heterocycles. The van der Waals surface area contributed by atoms with E-state index in [9.17, 15) is 5.11 Å². The van der Waals surface area contributed by atoms with Crippen LogP contribution >= 0.6 is 11.8 Å². The Kier molecular flexibility index (Phi) is 4.17. The molecule has 1 atom stereocenters. The summed E-state index contributed by atoms with van der Waals surface area (Å²) in [4.78, 5) is 0. The minimum absolute atomic E-state index is 0.271. The number of aliphatic hydroxyl groups excluding tert-OH is 1. The highest BCUT2D eigenvalue weighted by atomic mass is 32.2. The first-order valence-corrected chi connectivity index (χ1v) is 5.33. The lowest BCUT2D eigenvalue weighted by Gasteiger charge is -2.05. The molecule has 0 radical (unpaired) electrons. The first-order valence-electron chi connectivity index (χ1n) is 4.35. The minimum atomic E-state index is -0.271. The molecule has 0 spiro atoms. The molecule has 5 nitrogen and oxygen atoms in total. The summed E-state index contributed by atoms with van der Waals surface area (Å²) in [5.41, 5.74) is 0. The van der Waals surface area contributed by atoms with E-state index in [1.54, 1.807) is 4.68 Å². The van der Waals surface area contributed by atoms with E-state index >= 15 is 0 Å². The number of thioether (sulfide) groups is 1. The Balaban J connectivity index is 2.44. The predicted molar refractivity (Wildman–Crippen MR) is 50.5 cm³/mol. The molecule has 6 heteroatoms. The number of aryl methyl sites for hydroxylation is 1. The number of hydrogen-bond acceptors (Lipinski definition) is 5. The summed E-state index contributed by atoms with van der Waals surface area (Å²) in [7, 11) is 0. The van der Waals surface area contributed by atoms with E-state index in [-0.39, 0.29) is 6.10 Å². The molecule has 0 saturated carbocycles. The monoisotopic (exact) mass is 202 g/mol. The van der Waals surface area contributed by atoms with Crippen molar-refractivity contribution in [3.05, 3.63) is 0 Å². The molecule has 1 rings (SSSR count). The van der Waals surface area contributed by atoms with E-state index in [0.29, 0.717) is 5.75 Å². The molecular formula is C7H14N4OS. The maximum atomic E-state index is 9.32. The van der Waals surface area contributed by atoms with Gasteiger partial charge in [0, 0.05) is 12.3 Å². The largest absolute Gasteiger partial charge is 0.392 e. The summed E-state index contributed by atoms with van der Waals surface area (Å²) in [6.45, 7) is 4.70. The zero-order valence-electron chi connectivity index (χ0n) is 7.84. The van der Waals surface area contributed by atoms with Gasteiger partial charge in [0.15, 0.2) is 0 Å². The van der Waals surface area contributed by atoms with Crippen molar-refractivity contribution in [2.24, 2.45) is 0 Å². The zero-order chi connectivity index (χ0) is 9.68. The van der Waals surface area contributed by atoms with E-state index in [0.717, 1.165) is 18.1 Å². The van der Waals surface area contributed by atoms with E-state index in [1.807, 2.05) is 13.8 Å². The standard InChI is InChI=1S/C7H14N4OS/c1-3-6(12)5-13-7-8-9-10-11(7)4-2/h6,12H,3-5H2,1-2H3. The number of tetrazole rings is 1. The van der Waals surface area contributed by atoms with Crippen LogP contribution in [0.15, 0.2) is 5.16 Å². The molecule has 1 N–H and O–H groups in total. The Hall–Kier alpha value is -0.620. The lowest BCUT2D eigenvalue weighted by Crippen LogP contribution is -2.09. The Morgan fingerprint density at radius 3 is 2.92 bits per heavy atom. The molecule has 0 aliphatic rings. The van der Waals surface area contributed by atoms with Gasteiger partial charge in [-0.25, -0.2) is 4.68 Å². The summed E-state index contributed by atoms with van der Waals surface area (Å²) in [5, 5.41) is 21.3. The normalized spacial score (nSPS) is 13.2. The van der Waals surface area contributed by atoms with Gasteiger partial charge >= 0.3 is 0 Å². The fourth-order valence-electron chi connectivity index (χ4n) is 0.787. The molecule has 0 fully saturated rings. The van der Waals surface area contributed by atoms with Crippen LogP contribution in [-0.4, -0.2) is 37.2 Å². The summed E-state index contributed by atoms with van der Waals surface area (Å²) in [5.74, 6) is 0.650. The third kappa shape index (κ3) is 2.96. The third-order valence-electron chi connectivity index (χ3n) is 1.67. The van der Waals surface area contributed by atoms with Gasteiger partial charge in [-0.15, -0.1) is 5.10 Å². The van der Waals surface area contributed by atoms with Gasteiger partial charge in [0.25, 0.3) is 0 Å². The van der Waals surface area contributed by atoms with Crippen molar-refractivity contribution in [3.8, 4) is 0 Å². The highest BCUT2D eigenvalue weighted by Crippen LogP contribution is 2.15. The van der Waals surface area contributed by atoms with Gasteiger partial charge in [-0.05, 0) is 23.8 Å². The fraction of sp³-hybridized carbons (Fsp3) is 0.857. The number of rotatable bonds is 5. The van der Waals surface area contributed by atoms with Gasteiger partial charge in [-0.3, -0.25) is 0 Å². The number of aromatic nitrogens is 4. The van der Waals surface area contributed by atoms with Crippen LogP contribution in [0.5, 0.6) is 0 Å². The SMILES string of the molecule is CCC(O)CSc1nnnn1CC. The van der Waals surface area contributed by atoms with Crippen molar-refractivity contribution in [2.75, 3.05) is 5.75 Å². The van der Waals surface area contributed by atoms with Gasteiger partial charge in [-0.2, -0.15) is 0 Å². The lowest BCUT2D eigenvalue weighted by molar-refractivity contribution is 0.195. The number of hydrogen-bond donors (Lipinski definition) is 1. The van der Waals surface area contributed by atoms with Crippen molar-refractivity contribution >= 4 is 11.8 Å². The van der Waals surface area contributed by atoms with Crippen molar-refractivity contribution in [1.82, 2.24) is 20.2 Å². The van der Waals surface area contributed by atoms with Crippen molar-refractivity contribution in [2.45, 2.75) is 38.1 Å². The molecule has 1 aromatic heterocycles. The summed E-state index contributed by atoms with van der Waals surface area (Å²) in [6, 6.07) is 0. The Labute approximate surface area is 81.5 Å². The zero-order valence-corrected chi connectivity index (χ0v) is 8.66. The van der Waals surface area contributed by atoms with Crippen LogP contribution in [0.3, 0.4) is 0 Å². The maximum Gasteiger partial charge on any atom is 0.209 e. The molecule has 1 heterocycles. The second-order valence-electron chi connectivity index (χ2n) is 2.65. The summed E-state index contributed by atoms with van der Waals surface area (Å²) < 4.78 is 1.72. The topological polar surface area (TPSA) is 63.8 Å². The summed E-state index contributed by atoms with van der Waals surface area (Å²) in [6.07, 6.45) is 0.493. The van der Waals surface area contributed by atoms with Crippen LogP contribution in [0.4, 0.5) is 0 Å². The Morgan fingerprint density at radius 2 is 2.31 bits per heavy atom. The number of aliphatic hydroxyl groups is 1. The number of nitrogens with zero attached hydrogens (tertiary/aromatic N) is 4. The average Bonchev–Trinajstić information content (AvgIpc) is 2.61. The van der Waals surface area contributed by atoms with Crippen LogP contribution in [0.25, 0.3) is 0 Å². The molecule has 13 heavy (non-hydrogen) atoms. The van der Waals surface area contributed by atoms with Gasteiger partial charge in [-0.1, -0.05) is 18.7 Å².